The molecule has 0 spiro atoms. The van der Waals surface area contributed by atoms with Gasteiger partial charge in [0.2, 0.25) is 0 Å². The van der Waals surface area contributed by atoms with Crippen molar-refractivity contribution < 1.29 is 4.79 Å². The molecular weight excluding hydrogens is 218 g/mol. The van der Waals surface area contributed by atoms with Gasteiger partial charge < -0.3 is 11.1 Å². The molecule has 2 heterocycles. The van der Waals surface area contributed by atoms with Crippen LogP contribution in [-0.4, -0.2) is 21.1 Å². The van der Waals surface area contributed by atoms with E-state index in [0.717, 1.165) is 11.3 Å². The zero-order valence-electron chi connectivity index (χ0n) is 9.40. The van der Waals surface area contributed by atoms with Gasteiger partial charge in [0, 0.05) is 6.20 Å². The van der Waals surface area contributed by atoms with Gasteiger partial charge in [0.15, 0.2) is 0 Å². The second kappa shape index (κ2) is 4.65. The number of H-pyrrole nitrogens is 1. The van der Waals surface area contributed by atoms with Crippen LogP contribution >= 0.6 is 0 Å². The van der Waals surface area contributed by atoms with E-state index in [1.165, 1.54) is 6.20 Å². The summed E-state index contributed by atoms with van der Waals surface area (Å²) in [7, 11) is 0. The fraction of sp³-hybridized carbons (Fsp3) is 0.182. The van der Waals surface area contributed by atoms with Crippen molar-refractivity contribution in [1.29, 1.82) is 0 Å². The molecule has 0 aliphatic heterocycles. The van der Waals surface area contributed by atoms with Crippen LogP contribution in [0.5, 0.6) is 0 Å². The van der Waals surface area contributed by atoms with E-state index in [0.29, 0.717) is 12.1 Å². The number of rotatable bonds is 3. The number of nitrogens with one attached hydrogen (secondary N) is 2. The predicted molar refractivity (Wildman–Crippen MR) is 63.1 cm³/mol. The Morgan fingerprint density at radius 3 is 2.88 bits per heavy atom. The topological polar surface area (TPSA) is 96.7 Å². The minimum absolute atomic E-state index is 0.263. The Labute approximate surface area is 98.3 Å². The number of nitrogens with two attached hydrogens (primary N) is 1. The van der Waals surface area contributed by atoms with E-state index in [4.69, 9.17) is 5.73 Å². The van der Waals surface area contributed by atoms with E-state index in [2.05, 4.69) is 20.5 Å². The average molecular weight is 231 g/mol. The van der Waals surface area contributed by atoms with Gasteiger partial charge in [-0.15, -0.1) is 0 Å². The number of carbonyl (C=O) groups excluding carboxylic acids is 1. The van der Waals surface area contributed by atoms with Crippen LogP contribution in [0.1, 0.15) is 21.6 Å². The number of aromatic nitrogens is 3. The average Bonchev–Trinajstić information content (AvgIpc) is 2.74. The summed E-state index contributed by atoms with van der Waals surface area (Å²) in [5.74, 6) is -0.00186. The van der Waals surface area contributed by atoms with Gasteiger partial charge in [-0.05, 0) is 18.6 Å². The van der Waals surface area contributed by atoms with Crippen molar-refractivity contribution >= 4 is 11.7 Å². The lowest BCUT2D eigenvalue weighted by Gasteiger charge is -2.03. The van der Waals surface area contributed by atoms with Gasteiger partial charge >= 0.3 is 0 Å². The third-order valence-corrected chi connectivity index (χ3v) is 2.32. The summed E-state index contributed by atoms with van der Waals surface area (Å²) in [5, 5.41) is 8.91. The van der Waals surface area contributed by atoms with Crippen LogP contribution in [0, 0.1) is 6.92 Å². The number of hydrogen-bond donors (Lipinski definition) is 3. The molecule has 0 bridgehead atoms. The number of hydrogen-bond acceptors (Lipinski definition) is 4. The van der Waals surface area contributed by atoms with Gasteiger partial charge in [-0.3, -0.25) is 14.9 Å². The van der Waals surface area contributed by atoms with Gasteiger partial charge in [0.25, 0.3) is 5.91 Å². The van der Waals surface area contributed by atoms with Gasteiger partial charge in [-0.1, -0.05) is 6.07 Å². The predicted octanol–water partition coefficient (Wildman–Crippen LogP) is 0.625. The van der Waals surface area contributed by atoms with Crippen LogP contribution in [0.15, 0.2) is 24.5 Å². The summed E-state index contributed by atoms with van der Waals surface area (Å²) >= 11 is 0. The van der Waals surface area contributed by atoms with Crippen LogP contribution in [0.25, 0.3) is 0 Å². The molecule has 0 saturated heterocycles. The highest BCUT2D eigenvalue weighted by Gasteiger charge is 2.10. The number of amides is 1. The van der Waals surface area contributed by atoms with E-state index < -0.39 is 0 Å². The summed E-state index contributed by atoms with van der Waals surface area (Å²) in [4.78, 5) is 15.9. The smallest absolute Gasteiger partial charge is 0.256 e. The fourth-order valence-electron chi connectivity index (χ4n) is 1.35. The SMILES string of the molecule is Cc1ccc(CNC(=O)c2cn[nH]c2N)nc1. The first kappa shape index (κ1) is 11.1. The van der Waals surface area contributed by atoms with E-state index >= 15 is 0 Å². The lowest BCUT2D eigenvalue weighted by atomic mass is 10.2. The van der Waals surface area contributed by atoms with Gasteiger partial charge in [0.05, 0.1) is 18.4 Å². The molecule has 0 aromatic carbocycles. The molecule has 2 aromatic rings. The number of carbonyl (C=O) groups is 1. The van der Waals surface area contributed by atoms with Crippen LogP contribution in [0.4, 0.5) is 5.82 Å². The molecule has 2 rings (SSSR count). The molecule has 0 radical (unpaired) electrons. The van der Waals surface area contributed by atoms with Crippen LogP contribution in [0.3, 0.4) is 0 Å². The minimum atomic E-state index is -0.265. The highest BCUT2D eigenvalue weighted by atomic mass is 16.1. The lowest BCUT2D eigenvalue weighted by molar-refractivity contribution is 0.0951. The van der Waals surface area contributed by atoms with Crippen molar-refractivity contribution in [3.05, 3.63) is 41.3 Å². The maximum absolute atomic E-state index is 11.7. The molecule has 6 heteroatoms. The summed E-state index contributed by atoms with van der Waals surface area (Å²) in [5.41, 5.74) is 7.76. The molecule has 88 valence electrons. The van der Waals surface area contributed by atoms with Crippen LogP contribution < -0.4 is 11.1 Å². The maximum Gasteiger partial charge on any atom is 0.256 e. The molecule has 1 amide bonds. The Kier molecular flexibility index (Phi) is 3.04. The van der Waals surface area contributed by atoms with Crippen molar-refractivity contribution in [1.82, 2.24) is 20.5 Å². The maximum atomic E-state index is 11.7. The van der Waals surface area contributed by atoms with Crippen molar-refractivity contribution in [2.24, 2.45) is 0 Å². The van der Waals surface area contributed by atoms with Crippen molar-refractivity contribution in [3.8, 4) is 0 Å². The molecule has 2 aromatic heterocycles. The summed E-state index contributed by atoms with van der Waals surface area (Å²) in [6.45, 7) is 2.32. The molecule has 17 heavy (non-hydrogen) atoms. The Morgan fingerprint density at radius 2 is 2.29 bits per heavy atom. The molecule has 0 atom stereocenters. The van der Waals surface area contributed by atoms with Gasteiger partial charge in [0.1, 0.15) is 11.4 Å². The minimum Gasteiger partial charge on any atom is -0.383 e. The summed E-state index contributed by atoms with van der Waals surface area (Å²) < 4.78 is 0. The molecule has 0 saturated carbocycles. The zero-order valence-corrected chi connectivity index (χ0v) is 9.40. The standard InChI is InChI=1S/C11H13N5O/c1-7-2-3-8(13-4-7)5-14-11(17)9-6-15-16-10(9)12/h2-4,6H,5H2,1H3,(H,14,17)(H3,12,15,16). The van der Waals surface area contributed by atoms with Gasteiger partial charge in [-0.2, -0.15) is 5.10 Å². The second-order valence-corrected chi connectivity index (χ2v) is 3.71. The summed E-state index contributed by atoms with van der Waals surface area (Å²) in [6.07, 6.45) is 3.15. The molecule has 0 aliphatic rings. The number of aryl methyl sites for hydroxylation is 1. The monoisotopic (exact) mass is 231 g/mol. The number of nitrogens with zero attached hydrogens (tertiary/aromatic N) is 2. The molecule has 0 aliphatic carbocycles. The Hall–Kier alpha value is -2.37. The highest BCUT2D eigenvalue weighted by Crippen LogP contribution is 2.05. The first-order chi connectivity index (χ1) is 8.16. The third kappa shape index (κ3) is 2.60. The van der Waals surface area contributed by atoms with Gasteiger partial charge in [-0.25, -0.2) is 0 Å². The number of pyridine rings is 1. The molecule has 6 nitrogen and oxygen atoms in total. The Balaban J connectivity index is 1.97. The van der Waals surface area contributed by atoms with E-state index in [1.54, 1.807) is 6.20 Å². The first-order valence-corrected chi connectivity index (χ1v) is 5.15. The highest BCUT2D eigenvalue weighted by molar-refractivity contribution is 5.97. The first-order valence-electron chi connectivity index (χ1n) is 5.15. The van der Waals surface area contributed by atoms with E-state index in [-0.39, 0.29) is 11.7 Å². The van der Waals surface area contributed by atoms with Crippen LogP contribution in [-0.2, 0) is 6.54 Å². The molecular formula is C11H13N5O. The molecule has 0 fully saturated rings. The third-order valence-electron chi connectivity index (χ3n) is 2.32. The van der Waals surface area contributed by atoms with E-state index in [9.17, 15) is 4.79 Å². The lowest BCUT2D eigenvalue weighted by Crippen LogP contribution is -2.23. The van der Waals surface area contributed by atoms with Crippen molar-refractivity contribution in [3.63, 3.8) is 0 Å². The largest absolute Gasteiger partial charge is 0.383 e. The second-order valence-electron chi connectivity index (χ2n) is 3.71. The van der Waals surface area contributed by atoms with Crippen molar-refractivity contribution in [2.75, 3.05) is 5.73 Å². The summed E-state index contributed by atoms with van der Waals surface area (Å²) in [6, 6.07) is 3.81. The number of aromatic amines is 1. The molecule has 4 N–H and O–H groups in total. The Bertz CT molecular complexity index is 517. The quantitative estimate of drug-likeness (QED) is 0.721. The number of nitrogen functional groups attached to an aromatic ring is 1. The normalized spacial score (nSPS) is 10.2. The molecule has 0 unspecified atom stereocenters. The van der Waals surface area contributed by atoms with Crippen LogP contribution in [0.2, 0.25) is 0 Å². The van der Waals surface area contributed by atoms with E-state index in [1.807, 2.05) is 19.1 Å². The Morgan fingerprint density at radius 1 is 1.47 bits per heavy atom. The number of anilines is 1. The fourth-order valence-corrected chi connectivity index (χ4v) is 1.35. The van der Waals surface area contributed by atoms with Crippen molar-refractivity contribution in [2.45, 2.75) is 13.5 Å². The zero-order chi connectivity index (χ0) is 12.3.